The molecule has 1 aromatic rings. The third-order valence-corrected chi connectivity index (χ3v) is 3.09. The molecule has 1 saturated heterocycles. The van der Waals surface area contributed by atoms with Gasteiger partial charge in [-0.25, -0.2) is 9.97 Å². The molecule has 1 fully saturated rings. The number of halogens is 4. The zero-order valence-corrected chi connectivity index (χ0v) is 9.67. The second-order valence-electron chi connectivity index (χ2n) is 4.00. The first-order valence-corrected chi connectivity index (χ1v) is 5.64. The van der Waals surface area contributed by atoms with Crippen LogP contribution in [0.3, 0.4) is 0 Å². The van der Waals surface area contributed by atoms with Crippen molar-refractivity contribution in [2.75, 3.05) is 18.0 Å². The van der Waals surface area contributed by atoms with Crippen LogP contribution in [0, 0.1) is 5.92 Å². The van der Waals surface area contributed by atoms with Crippen LogP contribution in [-0.4, -0.2) is 29.2 Å². The van der Waals surface area contributed by atoms with E-state index in [0.29, 0.717) is 18.8 Å². The van der Waals surface area contributed by atoms with Gasteiger partial charge in [0.15, 0.2) is 11.0 Å². The summed E-state index contributed by atoms with van der Waals surface area (Å²) >= 11 is 5.82. The van der Waals surface area contributed by atoms with Crippen molar-refractivity contribution in [2.45, 2.75) is 19.0 Å². The van der Waals surface area contributed by atoms with Crippen molar-refractivity contribution in [3.63, 3.8) is 0 Å². The van der Waals surface area contributed by atoms with E-state index < -0.39 is 12.1 Å². The summed E-state index contributed by atoms with van der Waals surface area (Å²) in [6.07, 6.45) is -0.669. The molecule has 0 saturated carbocycles. The minimum Gasteiger partial charge on any atom is -0.353 e. The Hall–Kier alpha value is -1.04. The molecule has 0 spiro atoms. The monoisotopic (exact) mass is 265 g/mol. The first kappa shape index (κ1) is 12.4. The lowest BCUT2D eigenvalue weighted by atomic mass is 9.97. The summed E-state index contributed by atoms with van der Waals surface area (Å²) in [5.41, 5.74) is 0. The lowest BCUT2D eigenvalue weighted by molar-refractivity contribution is -0.176. The molecule has 17 heavy (non-hydrogen) atoms. The number of anilines is 1. The van der Waals surface area contributed by atoms with Gasteiger partial charge in [0, 0.05) is 25.5 Å². The van der Waals surface area contributed by atoms with Crippen LogP contribution in [-0.2, 0) is 0 Å². The lowest BCUT2D eigenvalue weighted by Gasteiger charge is -2.34. The topological polar surface area (TPSA) is 29.0 Å². The van der Waals surface area contributed by atoms with E-state index in [0.717, 1.165) is 0 Å². The standard InChI is InChI=1S/C10H11ClF3N3/c11-8-9(16-4-3-15-8)17-5-1-2-7(6-17)10(12,13)14/h3-4,7H,1-2,5-6H2. The van der Waals surface area contributed by atoms with Crippen molar-refractivity contribution < 1.29 is 13.2 Å². The summed E-state index contributed by atoms with van der Waals surface area (Å²) in [5.74, 6) is -0.975. The van der Waals surface area contributed by atoms with E-state index in [2.05, 4.69) is 9.97 Å². The molecule has 94 valence electrons. The predicted octanol–water partition coefficient (Wildman–Crippen LogP) is 2.91. The molecule has 1 aromatic heterocycles. The number of alkyl halides is 3. The first-order chi connectivity index (χ1) is 7.98. The maximum atomic E-state index is 12.6. The molecule has 2 rings (SSSR count). The predicted molar refractivity (Wildman–Crippen MR) is 58.0 cm³/mol. The third kappa shape index (κ3) is 2.80. The number of rotatable bonds is 1. The number of hydrogen-bond donors (Lipinski definition) is 0. The fraction of sp³-hybridized carbons (Fsp3) is 0.600. The van der Waals surface area contributed by atoms with E-state index in [-0.39, 0.29) is 18.1 Å². The molecule has 0 aromatic carbocycles. The van der Waals surface area contributed by atoms with Crippen LogP contribution < -0.4 is 4.90 Å². The average molecular weight is 266 g/mol. The normalized spacial score (nSPS) is 21.6. The summed E-state index contributed by atoms with van der Waals surface area (Å²) < 4.78 is 37.9. The number of piperidine rings is 1. The van der Waals surface area contributed by atoms with Crippen LogP contribution in [0.25, 0.3) is 0 Å². The molecule has 7 heteroatoms. The molecule has 0 N–H and O–H groups in total. The van der Waals surface area contributed by atoms with Crippen LogP contribution in [0.1, 0.15) is 12.8 Å². The number of aromatic nitrogens is 2. The lowest BCUT2D eigenvalue weighted by Crippen LogP contribution is -2.42. The SMILES string of the molecule is FC(F)(F)C1CCCN(c2nccnc2Cl)C1. The highest BCUT2D eigenvalue weighted by Crippen LogP contribution is 2.35. The van der Waals surface area contributed by atoms with E-state index in [4.69, 9.17) is 11.6 Å². The van der Waals surface area contributed by atoms with Crippen LogP contribution >= 0.6 is 11.6 Å². The number of hydrogen-bond acceptors (Lipinski definition) is 3. The highest BCUT2D eigenvalue weighted by atomic mass is 35.5. The van der Waals surface area contributed by atoms with Gasteiger partial charge >= 0.3 is 6.18 Å². The Balaban J connectivity index is 2.15. The van der Waals surface area contributed by atoms with Crippen molar-refractivity contribution in [1.29, 1.82) is 0 Å². The minimum atomic E-state index is -4.16. The summed E-state index contributed by atoms with van der Waals surface area (Å²) in [5, 5.41) is 0.148. The van der Waals surface area contributed by atoms with Crippen LogP contribution in [0.2, 0.25) is 5.15 Å². The number of nitrogens with zero attached hydrogens (tertiary/aromatic N) is 3. The van der Waals surface area contributed by atoms with E-state index >= 15 is 0 Å². The molecule has 0 amide bonds. The largest absolute Gasteiger partial charge is 0.393 e. The fourth-order valence-corrected chi connectivity index (χ4v) is 2.19. The summed E-state index contributed by atoms with van der Waals surface area (Å²) in [7, 11) is 0. The quantitative estimate of drug-likeness (QED) is 0.782. The molecular formula is C10H11ClF3N3. The molecule has 1 aliphatic rings. The Morgan fingerprint density at radius 3 is 2.65 bits per heavy atom. The second-order valence-corrected chi connectivity index (χ2v) is 4.36. The zero-order valence-electron chi connectivity index (χ0n) is 8.91. The van der Waals surface area contributed by atoms with Gasteiger partial charge in [-0.2, -0.15) is 13.2 Å². The maximum Gasteiger partial charge on any atom is 0.393 e. The van der Waals surface area contributed by atoms with Crippen LogP contribution in [0.5, 0.6) is 0 Å². The van der Waals surface area contributed by atoms with Gasteiger partial charge in [-0.05, 0) is 12.8 Å². The van der Waals surface area contributed by atoms with Crippen molar-refractivity contribution in [3.8, 4) is 0 Å². The Kier molecular flexibility index (Phi) is 3.42. The summed E-state index contributed by atoms with van der Waals surface area (Å²) in [6, 6.07) is 0. The van der Waals surface area contributed by atoms with E-state index in [1.165, 1.54) is 12.4 Å². The summed E-state index contributed by atoms with van der Waals surface area (Å²) in [6.45, 7) is 0.437. The molecule has 1 aliphatic heterocycles. The Morgan fingerprint density at radius 1 is 1.29 bits per heavy atom. The van der Waals surface area contributed by atoms with Crippen molar-refractivity contribution in [2.24, 2.45) is 5.92 Å². The molecule has 2 heterocycles. The van der Waals surface area contributed by atoms with E-state index in [1.54, 1.807) is 4.90 Å². The smallest absolute Gasteiger partial charge is 0.353 e. The molecular weight excluding hydrogens is 255 g/mol. The third-order valence-electron chi connectivity index (χ3n) is 2.82. The first-order valence-electron chi connectivity index (χ1n) is 5.26. The Labute approximate surface area is 102 Å². The van der Waals surface area contributed by atoms with Crippen molar-refractivity contribution in [3.05, 3.63) is 17.5 Å². The minimum absolute atomic E-state index is 0.0953. The van der Waals surface area contributed by atoms with Crippen LogP contribution in [0.4, 0.5) is 19.0 Å². The molecule has 0 radical (unpaired) electrons. The van der Waals surface area contributed by atoms with Crippen LogP contribution in [0.15, 0.2) is 12.4 Å². The van der Waals surface area contributed by atoms with Gasteiger partial charge in [-0.3, -0.25) is 0 Å². The Morgan fingerprint density at radius 2 is 2.00 bits per heavy atom. The highest BCUT2D eigenvalue weighted by molar-refractivity contribution is 6.31. The van der Waals surface area contributed by atoms with Gasteiger partial charge in [0.25, 0.3) is 0 Å². The van der Waals surface area contributed by atoms with Crippen molar-refractivity contribution in [1.82, 2.24) is 9.97 Å². The van der Waals surface area contributed by atoms with Gasteiger partial charge in [-0.15, -0.1) is 0 Å². The molecule has 1 unspecified atom stereocenters. The van der Waals surface area contributed by atoms with E-state index in [1.807, 2.05) is 0 Å². The summed E-state index contributed by atoms with van der Waals surface area (Å²) in [4.78, 5) is 9.36. The van der Waals surface area contributed by atoms with Gasteiger partial charge in [0.1, 0.15) is 0 Å². The molecule has 0 bridgehead atoms. The van der Waals surface area contributed by atoms with Gasteiger partial charge in [-0.1, -0.05) is 11.6 Å². The molecule has 0 aliphatic carbocycles. The second kappa shape index (κ2) is 4.68. The average Bonchev–Trinajstić information content (AvgIpc) is 2.29. The highest BCUT2D eigenvalue weighted by Gasteiger charge is 2.42. The van der Waals surface area contributed by atoms with Gasteiger partial charge < -0.3 is 4.90 Å². The van der Waals surface area contributed by atoms with E-state index in [9.17, 15) is 13.2 Å². The fourth-order valence-electron chi connectivity index (χ4n) is 1.96. The van der Waals surface area contributed by atoms with Gasteiger partial charge in [0.05, 0.1) is 5.92 Å². The maximum absolute atomic E-state index is 12.6. The zero-order chi connectivity index (χ0) is 12.5. The van der Waals surface area contributed by atoms with Gasteiger partial charge in [0.2, 0.25) is 0 Å². The molecule has 3 nitrogen and oxygen atoms in total. The molecule has 1 atom stereocenters. The van der Waals surface area contributed by atoms with Crippen molar-refractivity contribution >= 4 is 17.4 Å². The Bertz CT molecular complexity index is 397.